The number of carboxylic acids is 1. The van der Waals surface area contributed by atoms with Crippen LogP contribution in [-0.4, -0.2) is 133 Å². The van der Waals surface area contributed by atoms with E-state index in [9.17, 15) is 24.3 Å². The van der Waals surface area contributed by atoms with Crippen molar-refractivity contribution in [2.75, 3.05) is 45.8 Å². The number of thioether (sulfide) groups is 1. The van der Waals surface area contributed by atoms with Crippen LogP contribution in [-0.2, 0) is 25.7 Å². The molecule has 1 aromatic rings. The zero-order chi connectivity index (χ0) is 29.5. The number of hydrogen-bond acceptors (Lipinski definition) is 11. The van der Waals surface area contributed by atoms with Gasteiger partial charge in [-0.05, 0) is 35.7 Å². The van der Waals surface area contributed by atoms with Gasteiger partial charge in [0.1, 0.15) is 18.6 Å². The normalized spacial score (nSPS) is 32.3. The van der Waals surface area contributed by atoms with Crippen molar-refractivity contribution in [2.24, 2.45) is 17.8 Å². The molecule has 228 valence electrons. The maximum atomic E-state index is 13.3. The van der Waals surface area contributed by atoms with Crippen LogP contribution in [0.15, 0.2) is 16.9 Å². The molecule has 5 aliphatic heterocycles. The van der Waals surface area contributed by atoms with Crippen molar-refractivity contribution in [1.29, 1.82) is 0 Å². The number of carboxylic acid groups (broad SMARTS) is 1. The topological polar surface area (TPSA) is 166 Å². The molecule has 15 heteroatoms. The van der Waals surface area contributed by atoms with E-state index in [0.717, 1.165) is 45.7 Å². The van der Waals surface area contributed by atoms with Crippen molar-refractivity contribution < 1.29 is 24.3 Å². The van der Waals surface area contributed by atoms with Gasteiger partial charge in [-0.2, -0.15) is 0 Å². The Balaban J connectivity index is 1.05. The third-order valence-corrected chi connectivity index (χ3v) is 11.1. The first-order valence-corrected chi connectivity index (χ1v) is 15.8. The summed E-state index contributed by atoms with van der Waals surface area (Å²) in [6.45, 7) is 9.79. The lowest BCUT2D eigenvalue weighted by Gasteiger charge is -2.47. The van der Waals surface area contributed by atoms with Crippen molar-refractivity contribution in [1.82, 2.24) is 45.5 Å². The number of aliphatic carboxylic acids is 1. The van der Waals surface area contributed by atoms with E-state index in [2.05, 4.69) is 31.1 Å². The molecule has 4 saturated heterocycles. The Labute approximate surface area is 248 Å². The van der Waals surface area contributed by atoms with Crippen LogP contribution in [0, 0.1) is 17.8 Å². The zero-order valence-corrected chi connectivity index (χ0v) is 24.8. The second-order valence-electron chi connectivity index (χ2n) is 12.2. The number of hydrogen-bond donors (Lipinski definition) is 3. The van der Waals surface area contributed by atoms with Crippen molar-refractivity contribution in [2.45, 2.75) is 63.0 Å². The first-order chi connectivity index (χ1) is 20.2. The van der Waals surface area contributed by atoms with E-state index in [0.29, 0.717) is 23.9 Å². The second kappa shape index (κ2) is 12.0. The number of ketones is 1. The molecule has 6 heterocycles. The van der Waals surface area contributed by atoms with Crippen molar-refractivity contribution in [3.05, 3.63) is 16.9 Å². The van der Waals surface area contributed by atoms with Gasteiger partial charge >= 0.3 is 5.97 Å². The molecule has 0 aromatic carbocycles. The summed E-state index contributed by atoms with van der Waals surface area (Å²) in [6, 6.07) is -0.0126. The SMILES string of the molecule is C[C@@H](CC(=O)Cn1cnnn1)[C@H]1C(=O)N2C(C(=O)O)=C(S[C@@H]3CN[C@H](C(=O)N4CCN([C@H]5CCNC5)CC4)C3)[C@H](C)[C@H]12. The Kier molecular flexibility index (Phi) is 8.35. The Morgan fingerprint density at radius 1 is 1.19 bits per heavy atom. The summed E-state index contributed by atoms with van der Waals surface area (Å²) in [5, 5.41) is 27.7. The van der Waals surface area contributed by atoms with Gasteiger partial charge in [0.25, 0.3) is 0 Å². The Bertz CT molecular complexity index is 1240. The molecule has 0 bridgehead atoms. The van der Waals surface area contributed by atoms with Crippen LogP contribution in [0.5, 0.6) is 0 Å². The highest BCUT2D eigenvalue weighted by Gasteiger charge is 2.60. The van der Waals surface area contributed by atoms with Gasteiger partial charge in [-0.1, -0.05) is 13.8 Å². The summed E-state index contributed by atoms with van der Waals surface area (Å²) in [5.74, 6) is -2.17. The molecule has 3 N–H and O–H groups in total. The Morgan fingerprint density at radius 2 is 1.98 bits per heavy atom. The van der Waals surface area contributed by atoms with E-state index in [1.165, 1.54) is 27.7 Å². The maximum absolute atomic E-state index is 13.3. The number of tetrazole rings is 1. The largest absolute Gasteiger partial charge is 0.477 e. The van der Waals surface area contributed by atoms with Gasteiger partial charge in [-0.25, -0.2) is 9.48 Å². The summed E-state index contributed by atoms with van der Waals surface area (Å²) in [7, 11) is 0. The van der Waals surface area contributed by atoms with Crippen LogP contribution in [0.1, 0.15) is 33.1 Å². The lowest BCUT2D eigenvalue weighted by molar-refractivity contribution is -0.160. The first kappa shape index (κ1) is 29.2. The van der Waals surface area contributed by atoms with Crippen LogP contribution in [0.25, 0.3) is 0 Å². The van der Waals surface area contributed by atoms with E-state index < -0.39 is 11.9 Å². The highest BCUT2D eigenvalue weighted by Crippen LogP contribution is 2.53. The molecule has 14 nitrogen and oxygen atoms in total. The van der Waals surface area contributed by atoms with E-state index >= 15 is 0 Å². The third-order valence-electron chi connectivity index (χ3n) is 9.54. The smallest absolute Gasteiger partial charge is 0.353 e. The molecule has 7 atom stereocenters. The molecule has 0 radical (unpaired) electrons. The number of nitrogens with zero attached hydrogens (tertiary/aromatic N) is 7. The number of β-lactam (4-membered cyclic amide) rings is 1. The van der Waals surface area contributed by atoms with Gasteiger partial charge in [0.2, 0.25) is 11.8 Å². The Morgan fingerprint density at radius 3 is 2.64 bits per heavy atom. The van der Waals surface area contributed by atoms with Crippen LogP contribution in [0.4, 0.5) is 0 Å². The van der Waals surface area contributed by atoms with Crippen LogP contribution in [0.2, 0.25) is 0 Å². The molecule has 4 fully saturated rings. The summed E-state index contributed by atoms with van der Waals surface area (Å²) in [5.41, 5.74) is 0.0540. The molecular weight excluding hydrogens is 562 g/mol. The molecule has 1 aromatic heterocycles. The van der Waals surface area contributed by atoms with Crippen molar-refractivity contribution in [3.63, 3.8) is 0 Å². The minimum atomic E-state index is -1.12. The summed E-state index contributed by atoms with van der Waals surface area (Å²) < 4.78 is 1.35. The fourth-order valence-corrected chi connectivity index (χ4v) is 8.87. The van der Waals surface area contributed by atoms with Gasteiger partial charge in [0.05, 0.1) is 18.0 Å². The predicted octanol–water partition coefficient (Wildman–Crippen LogP) is -0.989. The molecule has 0 spiro atoms. The van der Waals surface area contributed by atoms with Gasteiger partial charge in [0, 0.05) is 67.8 Å². The fourth-order valence-electron chi connectivity index (χ4n) is 7.39. The molecule has 6 rings (SSSR count). The minimum absolute atomic E-state index is 0.0270. The number of rotatable bonds is 10. The number of Topliss-reactive ketones (excluding diaryl/α,β-unsaturated/α-hetero) is 1. The zero-order valence-electron chi connectivity index (χ0n) is 24.0. The van der Waals surface area contributed by atoms with Crippen LogP contribution >= 0.6 is 11.8 Å². The summed E-state index contributed by atoms with van der Waals surface area (Å²) in [6.07, 6.45) is 3.33. The fraction of sp³-hybridized carbons (Fsp3) is 0.741. The second-order valence-corrected chi connectivity index (χ2v) is 13.5. The lowest BCUT2D eigenvalue weighted by atomic mass is 9.73. The molecule has 0 saturated carbocycles. The number of piperazine rings is 1. The van der Waals surface area contributed by atoms with Gasteiger partial charge in [-0.3, -0.25) is 19.3 Å². The number of carbonyl (C=O) groups is 4. The summed E-state index contributed by atoms with van der Waals surface area (Å²) in [4.78, 5) is 58.1. The Hall–Kier alpha value is -2.88. The third kappa shape index (κ3) is 5.47. The maximum Gasteiger partial charge on any atom is 0.353 e. The quantitative estimate of drug-likeness (QED) is 0.281. The molecule has 5 aliphatic rings. The van der Waals surface area contributed by atoms with Gasteiger partial charge < -0.3 is 25.5 Å². The van der Waals surface area contributed by atoms with E-state index in [1.807, 2.05) is 18.7 Å². The molecule has 2 amide bonds. The van der Waals surface area contributed by atoms with Crippen LogP contribution < -0.4 is 10.6 Å². The minimum Gasteiger partial charge on any atom is -0.477 e. The standard InChI is InChI=1S/C27H39N9O5S/c1-15(9-18(37)13-35-14-30-31-32-35)21-22-16(2)24(23(27(40)41)36(22)26(21)39)42-19-10-20(29-12-19)25(38)34-7-5-33(6-8-34)17-3-4-28-11-17/h14-17,19-22,28-29H,3-13H2,1-2H3,(H,40,41)/t15-,16+,17-,19-,20-,21+,22+/m0/s1. The van der Waals surface area contributed by atoms with E-state index in [4.69, 9.17) is 0 Å². The van der Waals surface area contributed by atoms with Gasteiger partial charge in [-0.15, -0.1) is 16.9 Å². The van der Waals surface area contributed by atoms with E-state index in [-0.39, 0.29) is 65.4 Å². The summed E-state index contributed by atoms with van der Waals surface area (Å²) >= 11 is 1.49. The number of carbonyl (C=O) groups excluding carboxylic acids is 3. The van der Waals surface area contributed by atoms with Crippen molar-refractivity contribution >= 4 is 35.3 Å². The average Bonchev–Trinajstić information content (AvgIpc) is 3.78. The number of amides is 2. The first-order valence-electron chi connectivity index (χ1n) is 14.9. The molecular formula is C27H39N9O5S. The number of nitrogens with one attached hydrogen (secondary N) is 2. The van der Waals surface area contributed by atoms with Gasteiger partial charge in [0.15, 0.2) is 5.78 Å². The lowest BCUT2D eigenvalue weighted by Crippen LogP contribution is -2.62. The highest BCUT2D eigenvalue weighted by molar-refractivity contribution is 8.03. The molecule has 0 unspecified atom stereocenters. The van der Waals surface area contributed by atoms with E-state index in [1.54, 1.807) is 0 Å². The predicted molar refractivity (Wildman–Crippen MR) is 152 cm³/mol. The molecule has 42 heavy (non-hydrogen) atoms. The monoisotopic (exact) mass is 601 g/mol. The van der Waals surface area contributed by atoms with Crippen LogP contribution in [0.3, 0.4) is 0 Å². The molecule has 0 aliphatic carbocycles. The van der Waals surface area contributed by atoms with Crippen molar-refractivity contribution in [3.8, 4) is 0 Å². The highest BCUT2D eigenvalue weighted by atomic mass is 32.2. The number of fused-ring (bicyclic) bond motifs is 1. The average molecular weight is 602 g/mol. The number of aromatic nitrogens is 4.